The molecule has 1 N–H and O–H groups in total. The van der Waals surface area contributed by atoms with Gasteiger partial charge in [0.05, 0.1) is 17.7 Å². The molecule has 126 valence electrons. The highest BCUT2D eigenvalue weighted by Gasteiger charge is 2.50. The van der Waals surface area contributed by atoms with Crippen molar-refractivity contribution in [1.29, 1.82) is 0 Å². The number of piperidine rings is 1. The Morgan fingerprint density at radius 1 is 1.29 bits per heavy atom. The zero-order valence-corrected chi connectivity index (χ0v) is 14.6. The molecule has 1 saturated heterocycles. The molecule has 0 amide bonds. The first-order valence-electron chi connectivity index (χ1n) is 9.44. The summed E-state index contributed by atoms with van der Waals surface area (Å²) >= 11 is 0. The Morgan fingerprint density at radius 2 is 2.12 bits per heavy atom. The van der Waals surface area contributed by atoms with Gasteiger partial charge in [0.25, 0.3) is 0 Å². The topological polar surface area (TPSA) is 28.4 Å². The number of rotatable bonds is 2. The van der Waals surface area contributed by atoms with Crippen LogP contribution in [0.4, 0.5) is 0 Å². The van der Waals surface area contributed by atoms with Crippen molar-refractivity contribution in [3.05, 3.63) is 41.6 Å². The number of hydrogen-bond acceptors (Lipinski definition) is 2. The van der Waals surface area contributed by atoms with Crippen LogP contribution in [-0.2, 0) is 6.42 Å². The first-order valence-corrected chi connectivity index (χ1v) is 9.44. The van der Waals surface area contributed by atoms with Crippen LogP contribution in [0.15, 0.2) is 30.3 Å². The number of fused-ring (bicyclic) bond motifs is 3. The average Bonchev–Trinajstić information content (AvgIpc) is 2.95. The minimum Gasteiger partial charge on any atom is -0.387 e. The van der Waals surface area contributed by atoms with Crippen LogP contribution in [0.25, 0.3) is 16.6 Å². The van der Waals surface area contributed by atoms with Crippen LogP contribution in [0.1, 0.15) is 50.4 Å². The highest BCUT2D eigenvalue weighted by atomic mass is 16.3. The van der Waals surface area contributed by atoms with Crippen molar-refractivity contribution >= 4 is 16.6 Å². The van der Waals surface area contributed by atoms with E-state index in [9.17, 15) is 5.11 Å². The van der Waals surface area contributed by atoms with Crippen LogP contribution in [0.5, 0.6) is 0 Å². The lowest BCUT2D eigenvalue weighted by molar-refractivity contribution is 0.0255. The highest BCUT2D eigenvalue weighted by molar-refractivity contribution is 5.90. The summed E-state index contributed by atoms with van der Waals surface area (Å²) in [7, 11) is 0. The Hall–Kier alpha value is -1.58. The van der Waals surface area contributed by atoms with Crippen LogP contribution < -0.4 is 0 Å². The van der Waals surface area contributed by atoms with Crippen LogP contribution >= 0.6 is 0 Å². The molecule has 1 unspecified atom stereocenters. The Kier molecular flexibility index (Phi) is 3.05. The van der Waals surface area contributed by atoms with Crippen molar-refractivity contribution in [3.8, 4) is 0 Å². The molecule has 0 bridgehead atoms. The monoisotopic (exact) mass is 322 g/mol. The van der Waals surface area contributed by atoms with E-state index in [4.69, 9.17) is 0 Å². The van der Waals surface area contributed by atoms with Crippen molar-refractivity contribution in [3.63, 3.8) is 0 Å². The molecule has 3 atom stereocenters. The van der Waals surface area contributed by atoms with Gasteiger partial charge in [-0.15, -0.1) is 0 Å². The van der Waals surface area contributed by atoms with Gasteiger partial charge in [-0.3, -0.25) is 4.90 Å². The molecule has 3 aliphatic rings. The number of aliphatic hydroxyl groups is 1. The van der Waals surface area contributed by atoms with Gasteiger partial charge in [0.15, 0.2) is 0 Å². The zero-order valence-electron chi connectivity index (χ0n) is 14.6. The lowest BCUT2D eigenvalue weighted by Crippen LogP contribution is -2.51. The fraction of sp³-hybridized carbons (Fsp3) is 0.524. The standard InChI is InChI=1S/C21H26N2O/c1-3-21-10-6-11-22-12-9-16-15-7-4-5-8-17(15)23(19(16)20(21)22)18(13-21)14(2)24/h4-5,7-8,13-14,20,24H,3,6,9-12H2,1-2H3/t14?,20-,21+/m1/s1. The summed E-state index contributed by atoms with van der Waals surface area (Å²) in [6.45, 7) is 6.63. The predicted molar refractivity (Wildman–Crippen MR) is 97.9 cm³/mol. The largest absolute Gasteiger partial charge is 0.387 e. The van der Waals surface area contributed by atoms with Gasteiger partial charge in [-0.05, 0) is 50.8 Å². The van der Waals surface area contributed by atoms with Crippen molar-refractivity contribution in [2.75, 3.05) is 13.1 Å². The number of aliphatic hydroxyl groups excluding tert-OH is 1. The third-order valence-electron chi connectivity index (χ3n) is 6.71. The summed E-state index contributed by atoms with van der Waals surface area (Å²) in [5.74, 6) is 0. The van der Waals surface area contributed by atoms with E-state index in [2.05, 4.69) is 46.7 Å². The molecule has 0 radical (unpaired) electrons. The second kappa shape index (κ2) is 4.96. The van der Waals surface area contributed by atoms with E-state index in [1.807, 2.05) is 6.92 Å². The van der Waals surface area contributed by atoms with Crippen molar-refractivity contribution in [2.45, 2.75) is 51.7 Å². The molecule has 4 heterocycles. The van der Waals surface area contributed by atoms with E-state index in [0.29, 0.717) is 6.04 Å². The van der Waals surface area contributed by atoms with Gasteiger partial charge >= 0.3 is 0 Å². The molecule has 0 aliphatic carbocycles. The predicted octanol–water partition coefficient (Wildman–Crippen LogP) is 3.97. The second-order valence-electron chi connectivity index (χ2n) is 7.84. The van der Waals surface area contributed by atoms with E-state index in [0.717, 1.165) is 18.5 Å². The number of para-hydroxylation sites is 1. The first kappa shape index (κ1) is 14.7. The molecule has 2 aromatic rings. The summed E-state index contributed by atoms with van der Waals surface area (Å²) in [6.07, 6.45) is 6.78. The van der Waals surface area contributed by atoms with E-state index in [1.165, 1.54) is 48.1 Å². The molecule has 0 saturated carbocycles. The first-order chi connectivity index (χ1) is 11.7. The fourth-order valence-electron chi connectivity index (χ4n) is 5.63. The van der Waals surface area contributed by atoms with Crippen LogP contribution in [-0.4, -0.2) is 33.8 Å². The lowest BCUT2D eigenvalue weighted by Gasteiger charge is -2.53. The van der Waals surface area contributed by atoms with Crippen LogP contribution in [0.2, 0.25) is 0 Å². The summed E-state index contributed by atoms with van der Waals surface area (Å²) in [4.78, 5) is 2.71. The van der Waals surface area contributed by atoms with Gasteiger partial charge in [-0.25, -0.2) is 0 Å². The Balaban J connectivity index is 1.90. The molecule has 24 heavy (non-hydrogen) atoms. The maximum absolute atomic E-state index is 10.6. The van der Waals surface area contributed by atoms with Gasteiger partial charge in [-0.2, -0.15) is 0 Å². The molecule has 5 rings (SSSR count). The van der Waals surface area contributed by atoms with E-state index < -0.39 is 6.10 Å². The third kappa shape index (κ3) is 1.69. The van der Waals surface area contributed by atoms with Gasteiger partial charge in [0, 0.05) is 28.7 Å². The van der Waals surface area contributed by atoms with Crippen molar-refractivity contribution in [2.24, 2.45) is 5.41 Å². The summed E-state index contributed by atoms with van der Waals surface area (Å²) in [5.41, 5.74) is 5.55. The number of benzene rings is 1. The molecule has 1 fully saturated rings. The molecule has 1 aromatic heterocycles. The lowest BCUT2D eigenvalue weighted by atomic mass is 9.66. The molecule has 3 heteroatoms. The SMILES string of the molecule is CC[C@@]12C=C(C(C)O)n3c4c(c5ccccc53)CCN(CCC1)[C@H]42. The molecule has 3 aliphatic heterocycles. The molecular formula is C21H26N2O. The maximum atomic E-state index is 10.6. The number of hydrogen-bond donors (Lipinski definition) is 1. The summed E-state index contributed by atoms with van der Waals surface area (Å²) < 4.78 is 2.39. The van der Waals surface area contributed by atoms with Crippen LogP contribution in [0, 0.1) is 5.41 Å². The Bertz CT molecular complexity index is 847. The van der Waals surface area contributed by atoms with Gasteiger partial charge in [0.1, 0.15) is 0 Å². The molecule has 3 nitrogen and oxygen atoms in total. The zero-order chi connectivity index (χ0) is 16.5. The van der Waals surface area contributed by atoms with Crippen molar-refractivity contribution < 1.29 is 5.11 Å². The smallest absolute Gasteiger partial charge is 0.0912 e. The van der Waals surface area contributed by atoms with Crippen LogP contribution in [0.3, 0.4) is 0 Å². The van der Waals surface area contributed by atoms with Gasteiger partial charge < -0.3 is 9.67 Å². The Labute approximate surface area is 143 Å². The molecular weight excluding hydrogens is 296 g/mol. The summed E-state index contributed by atoms with van der Waals surface area (Å²) in [6, 6.07) is 9.24. The number of aromatic nitrogens is 1. The highest BCUT2D eigenvalue weighted by Crippen LogP contribution is 2.57. The van der Waals surface area contributed by atoms with Gasteiger partial charge in [-0.1, -0.05) is 31.2 Å². The second-order valence-corrected chi connectivity index (χ2v) is 7.84. The quantitative estimate of drug-likeness (QED) is 0.906. The maximum Gasteiger partial charge on any atom is 0.0912 e. The third-order valence-corrected chi connectivity index (χ3v) is 6.71. The van der Waals surface area contributed by atoms with E-state index >= 15 is 0 Å². The average molecular weight is 322 g/mol. The normalized spacial score (nSPS) is 30.1. The van der Waals surface area contributed by atoms with E-state index in [-0.39, 0.29) is 5.41 Å². The van der Waals surface area contributed by atoms with Crippen molar-refractivity contribution in [1.82, 2.24) is 9.47 Å². The fourth-order valence-corrected chi connectivity index (χ4v) is 5.63. The number of nitrogens with zero attached hydrogens (tertiary/aromatic N) is 2. The van der Waals surface area contributed by atoms with Gasteiger partial charge in [0.2, 0.25) is 0 Å². The minimum absolute atomic E-state index is 0.185. The molecule has 1 aromatic carbocycles. The minimum atomic E-state index is -0.438. The Morgan fingerprint density at radius 3 is 2.92 bits per heavy atom. The van der Waals surface area contributed by atoms with E-state index in [1.54, 1.807) is 0 Å². The summed E-state index contributed by atoms with van der Waals surface area (Å²) in [5, 5.41) is 12.0. The molecule has 0 spiro atoms.